The van der Waals surface area contributed by atoms with Gasteiger partial charge in [0.2, 0.25) is 5.91 Å². The highest BCUT2D eigenvalue weighted by molar-refractivity contribution is 8.32. The van der Waals surface area contributed by atoms with Crippen molar-refractivity contribution in [3.05, 3.63) is 83.7 Å². The fourth-order valence-electron chi connectivity index (χ4n) is 5.19. The predicted molar refractivity (Wildman–Crippen MR) is 177 cm³/mol. The van der Waals surface area contributed by atoms with Crippen LogP contribution >= 0.6 is 10.0 Å². The summed E-state index contributed by atoms with van der Waals surface area (Å²) in [7, 11) is -0.923. The van der Waals surface area contributed by atoms with Crippen LogP contribution in [0.5, 0.6) is 0 Å². The SMILES string of the molecule is CC(C)(C)[C@H](c1cc(-c2cc(F)ccc2F)cn1Cc1ccccc1)N(CC[C@H](NC(=O)OCCS(C)(C)C)C(=O)O)C(=O)CO. The highest BCUT2D eigenvalue weighted by Gasteiger charge is 2.38. The second kappa shape index (κ2) is 15.6. The van der Waals surface area contributed by atoms with Crippen molar-refractivity contribution in [3.63, 3.8) is 0 Å². The maximum Gasteiger partial charge on any atom is 0.407 e. The molecule has 0 aliphatic rings. The Hall–Kier alpha value is -3.90. The van der Waals surface area contributed by atoms with Crippen LogP contribution in [0.2, 0.25) is 0 Å². The molecule has 9 nitrogen and oxygen atoms in total. The van der Waals surface area contributed by atoms with Crippen LogP contribution in [0.15, 0.2) is 60.8 Å². The number of nitrogens with one attached hydrogen (secondary N) is 1. The molecule has 0 aliphatic heterocycles. The van der Waals surface area contributed by atoms with Crippen molar-refractivity contribution >= 4 is 28.0 Å². The van der Waals surface area contributed by atoms with E-state index in [4.69, 9.17) is 4.74 Å². The number of alkyl carbamates (subject to hydrolysis) is 1. The van der Waals surface area contributed by atoms with Gasteiger partial charge in [-0.1, -0.05) is 51.1 Å². The van der Waals surface area contributed by atoms with Gasteiger partial charge in [0.15, 0.2) is 0 Å². The Morgan fingerprint density at radius 1 is 1.04 bits per heavy atom. The highest BCUT2D eigenvalue weighted by Crippen LogP contribution is 2.41. The zero-order chi connectivity index (χ0) is 34.2. The number of carbonyl (C=O) groups excluding carboxylic acids is 2. The second-order valence-electron chi connectivity index (χ2n) is 13.2. The number of rotatable bonds is 14. The van der Waals surface area contributed by atoms with Crippen LogP contribution in [0.25, 0.3) is 11.1 Å². The average Bonchev–Trinajstić information content (AvgIpc) is 3.36. The summed E-state index contributed by atoms with van der Waals surface area (Å²) in [5, 5.41) is 22.3. The number of nitrogens with zero attached hydrogens (tertiary/aromatic N) is 2. The first-order chi connectivity index (χ1) is 21.5. The van der Waals surface area contributed by atoms with Crippen molar-refractivity contribution in [1.82, 2.24) is 14.8 Å². The molecular formula is C34H45F2N3O6S. The van der Waals surface area contributed by atoms with E-state index in [2.05, 4.69) is 24.1 Å². The van der Waals surface area contributed by atoms with E-state index < -0.39 is 63.7 Å². The number of aromatic nitrogens is 1. The van der Waals surface area contributed by atoms with Crippen molar-refractivity contribution in [2.45, 2.75) is 45.8 Å². The summed E-state index contributed by atoms with van der Waals surface area (Å²) in [6.07, 6.45) is 6.85. The number of carboxylic acids is 1. The lowest BCUT2D eigenvalue weighted by Crippen LogP contribution is -2.48. The Labute approximate surface area is 270 Å². The van der Waals surface area contributed by atoms with Gasteiger partial charge in [0, 0.05) is 41.9 Å². The minimum atomic E-state index is -1.38. The number of carbonyl (C=O) groups is 3. The molecule has 2 aromatic carbocycles. The van der Waals surface area contributed by atoms with Gasteiger partial charge in [0.25, 0.3) is 0 Å². The monoisotopic (exact) mass is 661 g/mol. The van der Waals surface area contributed by atoms with E-state index in [1.54, 1.807) is 12.3 Å². The topological polar surface area (TPSA) is 121 Å². The van der Waals surface area contributed by atoms with E-state index in [1.165, 1.54) is 4.90 Å². The molecular weight excluding hydrogens is 616 g/mol. The largest absolute Gasteiger partial charge is 0.480 e. The van der Waals surface area contributed by atoms with Gasteiger partial charge in [-0.3, -0.25) is 4.79 Å². The summed E-state index contributed by atoms with van der Waals surface area (Å²) in [5.41, 5.74) is 1.23. The summed E-state index contributed by atoms with van der Waals surface area (Å²) >= 11 is 0. The summed E-state index contributed by atoms with van der Waals surface area (Å²) in [6.45, 7) is 5.15. The van der Waals surface area contributed by atoms with Crippen LogP contribution in [0, 0.1) is 17.0 Å². The number of aliphatic hydroxyl groups excluding tert-OH is 1. The molecule has 3 aromatic rings. The van der Waals surface area contributed by atoms with Gasteiger partial charge in [0.05, 0.1) is 6.04 Å². The van der Waals surface area contributed by atoms with E-state index in [0.29, 0.717) is 23.6 Å². The van der Waals surface area contributed by atoms with Gasteiger partial charge in [-0.2, -0.15) is 0 Å². The lowest BCUT2D eigenvalue weighted by Gasteiger charge is -2.41. The highest BCUT2D eigenvalue weighted by atomic mass is 32.3. The minimum Gasteiger partial charge on any atom is -0.480 e. The molecule has 0 bridgehead atoms. The molecule has 12 heteroatoms. The van der Waals surface area contributed by atoms with E-state index in [9.17, 15) is 33.4 Å². The van der Waals surface area contributed by atoms with Crippen LogP contribution in [0.4, 0.5) is 13.6 Å². The molecule has 0 unspecified atom stereocenters. The first-order valence-corrected chi connectivity index (χ1v) is 17.9. The van der Waals surface area contributed by atoms with Gasteiger partial charge in [-0.15, -0.1) is 0 Å². The number of aliphatic carboxylic acids is 1. The molecule has 2 amide bonds. The minimum absolute atomic E-state index is 0.0440. The van der Waals surface area contributed by atoms with Crippen molar-refractivity contribution in [3.8, 4) is 11.1 Å². The molecule has 0 spiro atoms. The molecule has 3 rings (SSSR count). The third kappa shape index (κ3) is 10.3. The Morgan fingerprint density at radius 3 is 2.30 bits per heavy atom. The third-order valence-corrected chi connectivity index (χ3v) is 8.80. The van der Waals surface area contributed by atoms with E-state index in [0.717, 1.165) is 23.8 Å². The van der Waals surface area contributed by atoms with E-state index in [1.807, 2.05) is 55.7 Å². The van der Waals surface area contributed by atoms with Crippen molar-refractivity contribution in [1.29, 1.82) is 0 Å². The van der Waals surface area contributed by atoms with Gasteiger partial charge >= 0.3 is 12.1 Å². The summed E-state index contributed by atoms with van der Waals surface area (Å²) in [5.74, 6) is -2.53. The quantitative estimate of drug-likeness (QED) is 0.205. The molecule has 0 aliphatic carbocycles. The first-order valence-electron chi connectivity index (χ1n) is 14.9. The normalized spacial score (nSPS) is 13.5. The third-order valence-electron chi connectivity index (χ3n) is 7.41. The summed E-state index contributed by atoms with van der Waals surface area (Å²) < 4.78 is 36.2. The second-order valence-corrected chi connectivity index (χ2v) is 17.7. The number of hydrogen-bond acceptors (Lipinski definition) is 5. The van der Waals surface area contributed by atoms with Gasteiger partial charge in [-0.25, -0.2) is 28.4 Å². The van der Waals surface area contributed by atoms with Crippen LogP contribution < -0.4 is 5.32 Å². The summed E-state index contributed by atoms with van der Waals surface area (Å²) in [6, 6.07) is 12.2. The average molecular weight is 662 g/mol. The molecule has 252 valence electrons. The zero-order valence-corrected chi connectivity index (χ0v) is 28.1. The fourth-order valence-corrected chi connectivity index (χ4v) is 5.78. The number of ether oxygens (including phenoxy) is 1. The van der Waals surface area contributed by atoms with Gasteiger partial charge < -0.3 is 29.7 Å². The molecule has 1 heterocycles. The van der Waals surface area contributed by atoms with Crippen LogP contribution in [0.3, 0.4) is 0 Å². The van der Waals surface area contributed by atoms with Crippen molar-refractivity contribution < 1.29 is 38.1 Å². The number of aliphatic hydroxyl groups is 1. The Balaban J connectivity index is 2.02. The maximum atomic E-state index is 15.0. The van der Waals surface area contributed by atoms with Crippen LogP contribution in [0.1, 0.15) is 44.5 Å². The predicted octanol–water partition coefficient (Wildman–Crippen LogP) is 5.65. The molecule has 1 aromatic heterocycles. The van der Waals surface area contributed by atoms with E-state index in [-0.39, 0.29) is 25.1 Å². The molecule has 0 fully saturated rings. The lowest BCUT2D eigenvalue weighted by atomic mass is 9.82. The van der Waals surface area contributed by atoms with Crippen molar-refractivity contribution in [2.75, 3.05) is 44.3 Å². The van der Waals surface area contributed by atoms with Gasteiger partial charge in [0.1, 0.15) is 30.9 Å². The molecule has 0 saturated heterocycles. The first kappa shape index (κ1) is 36.6. The number of benzene rings is 2. The Bertz CT molecular complexity index is 1500. The maximum absolute atomic E-state index is 15.0. The van der Waals surface area contributed by atoms with Crippen LogP contribution in [-0.4, -0.2) is 88.0 Å². The number of halogens is 2. The lowest BCUT2D eigenvalue weighted by molar-refractivity contribution is -0.143. The van der Waals surface area contributed by atoms with E-state index >= 15 is 0 Å². The number of amides is 2. The Kier molecular flexibility index (Phi) is 12.4. The standard InChI is InChI=1S/C34H45F2N3O6S/c1-34(2,3)31(39(30(41)22-40)15-14-28(32(42)43)37-33(44)45-16-17-46(4,5)6)29-18-24(26-19-25(35)12-13-27(26)36)21-38(29)20-23-10-8-7-9-11-23/h7-13,18-19,21,28,31,40H,14-17,20,22H2,1-6H3,(H,37,44)(H,42,43)/t28-,31-/m0/s1. The molecule has 0 radical (unpaired) electrons. The van der Waals surface area contributed by atoms with Crippen LogP contribution in [-0.2, 0) is 20.9 Å². The number of carboxylic acid groups (broad SMARTS) is 1. The van der Waals surface area contributed by atoms with Gasteiger partial charge in [-0.05, 0) is 60.4 Å². The fraction of sp³-hybridized carbons (Fsp3) is 0.441. The zero-order valence-electron chi connectivity index (χ0n) is 27.3. The molecule has 46 heavy (non-hydrogen) atoms. The summed E-state index contributed by atoms with van der Waals surface area (Å²) in [4.78, 5) is 39.3. The molecule has 0 saturated carbocycles. The Morgan fingerprint density at radius 2 is 1.72 bits per heavy atom. The molecule has 2 atom stereocenters. The van der Waals surface area contributed by atoms with Crippen molar-refractivity contribution in [2.24, 2.45) is 5.41 Å². The molecule has 3 N–H and O–H groups in total. The number of hydrogen-bond donors (Lipinski definition) is 3. The smallest absolute Gasteiger partial charge is 0.407 e.